The van der Waals surface area contributed by atoms with Crippen molar-refractivity contribution in [2.75, 3.05) is 18.6 Å². The van der Waals surface area contributed by atoms with Crippen LogP contribution < -0.4 is 11.5 Å². The second-order valence-electron chi connectivity index (χ2n) is 3.15. The van der Waals surface area contributed by atoms with Gasteiger partial charge in [-0.3, -0.25) is 4.79 Å². The fourth-order valence-corrected chi connectivity index (χ4v) is 1.24. The van der Waals surface area contributed by atoms with Crippen LogP contribution in [0.3, 0.4) is 0 Å². The topological polar surface area (TPSA) is 78.3 Å². The smallest absolute Gasteiger partial charge is 0.309 e. The third-order valence-corrected chi connectivity index (χ3v) is 2.14. The van der Waals surface area contributed by atoms with Gasteiger partial charge in [-0.1, -0.05) is 0 Å². The zero-order chi connectivity index (χ0) is 10.7. The molecule has 4 heteroatoms. The molecule has 1 rings (SSSR count). The number of methoxy groups -OCH3 is 1. The fourth-order valence-electron chi connectivity index (χ4n) is 1.24. The Morgan fingerprint density at radius 1 is 1.43 bits per heavy atom. The van der Waals surface area contributed by atoms with E-state index in [-0.39, 0.29) is 12.4 Å². The molecule has 76 valence electrons. The van der Waals surface area contributed by atoms with Crippen molar-refractivity contribution < 1.29 is 9.53 Å². The number of hydrogen-bond acceptors (Lipinski definition) is 4. The number of rotatable bonds is 2. The molecule has 0 amide bonds. The Labute approximate surface area is 82.8 Å². The second kappa shape index (κ2) is 4.00. The maximum atomic E-state index is 11.1. The van der Waals surface area contributed by atoms with Gasteiger partial charge >= 0.3 is 5.97 Å². The van der Waals surface area contributed by atoms with E-state index in [0.29, 0.717) is 11.4 Å². The predicted octanol–water partition coefficient (Wildman–Crippen LogP) is 0.875. The van der Waals surface area contributed by atoms with Crippen LogP contribution in [0.2, 0.25) is 0 Å². The van der Waals surface area contributed by atoms with E-state index in [9.17, 15) is 4.79 Å². The molecule has 0 saturated heterocycles. The van der Waals surface area contributed by atoms with E-state index >= 15 is 0 Å². The van der Waals surface area contributed by atoms with Crippen LogP contribution in [0.5, 0.6) is 0 Å². The molecule has 0 aliphatic heterocycles. The van der Waals surface area contributed by atoms with Gasteiger partial charge in [0.15, 0.2) is 0 Å². The Balaban J connectivity index is 3.02. The first-order valence-corrected chi connectivity index (χ1v) is 4.26. The summed E-state index contributed by atoms with van der Waals surface area (Å²) in [7, 11) is 1.35. The van der Waals surface area contributed by atoms with Crippen molar-refractivity contribution in [3.63, 3.8) is 0 Å². The zero-order valence-electron chi connectivity index (χ0n) is 8.33. The number of nitrogens with two attached hydrogens (primary N) is 2. The van der Waals surface area contributed by atoms with Gasteiger partial charge in [-0.25, -0.2) is 0 Å². The molecule has 0 saturated carbocycles. The largest absolute Gasteiger partial charge is 0.469 e. The van der Waals surface area contributed by atoms with Crippen LogP contribution in [0.25, 0.3) is 0 Å². The number of anilines is 2. The van der Waals surface area contributed by atoms with Crippen molar-refractivity contribution >= 4 is 17.3 Å². The summed E-state index contributed by atoms with van der Waals surface area (Å²) in [4.78, 5) is 11.1. The standard InChI is InChI=1S/C10H14N2O2/c1-6-7(4-10(13)14-2)3-8(11)5-9(6)12/h3,5H,4,11-12H2,1-2H3. The maximum Gasteiger partial charge on any atom is 0.309 e. The van der Waals surface area contributed by atoms with Crippen LogP contribution in [-0.2, 0) is 16.0 Å². The molecule has 0 heterocycles. The van der Waals surface area contributed by atoms with Gasteiger partial charge in [0.25, 0.3) is 0 Å². The molecule has 0 bridgehead atoms. The van der Waals surface area contributed by atoms with E-state index in [1.807, 2.05) is 6.92 Å². The minimum atomic E-state index is -0.293. The van der Waals surface area contributed by atoms with Gasteiger partial charge in [0.05, 0.1) is 13.5 Å². The number of hydrogen-bond donors (Lipinski definition) is 2. The van der Waals surface area contributed by atoms with E-state index in [1.165, 1.54) is 7.11 Å². The SMILES string of the molecule is COC(=O)Cc1cc(N)cc(N)c1C. The highest BCUT2D eigenvalue weighted by molar-refractivity contribution is 5.75. The van der Waals surface area contributed by atoms with Gasteiger partial charge in [0, 0.05) is 11.4 Å². The Kier molecular flexibility index (Phi) is 2.96. The highest BCUT2D eigenvalue weighted by atomic mass is 16.5. The summed E-state index contributed by atoms with van der Waals surface area (Å²) in [5.41, 5.74) is 14.2. The van der Waals surface area contributed by atoms with Crippen molar-refractivity contribution in [1.29, 1.82) is 0 Å². The lowest BCUT2D eigenvalue weighted by Gasteiger charge is -2.08. The Morgan fingerprint density at radius 2 is 2.07 bits per heavy atom. The lowest BCUT2D eigenvalue weighted by molar-refractivity contribution is -0.139. The minimum absolute atomic E-state index is 0.206. The number of carbonyl (C=O) groups is 1. The lowest BCUT2D eigenvalue weighted by atomic mass is 10.0. The molecule has 0 radical (unpaired) electrons. The Morgan fingerprint density at radius 3 is 2.64 bits per heavy atom. The van der Waals surface area contributed by atoms with Gasteiger partial charge in [0.1, 0.15) is 0 Å². The number of esters is 1. The van der Waals surface area contributed by atoms with Crippen molar-refractivity contribution in [1.82, 2.24) is 0 Å². The highest BCUT2D eigenvalue weighted by Gasteiger charge is 2.08. The fraction of sp³-hybridized carbons (Fsp3) is 0.300. The van der Waals surface area contributed by atoms with Crippen LogP contribution >= 0.6 is 0 Å². The minimum Gasteiger partial charge on any atom is -0.469 e. The van der Waals surface area contributed by atoms with Crippen LogP contribution in [0.4, 0.5) is 11.4 Å². The number of carbonyl (C=O) groups excluding carboxylic acids is 1. The number of benzene rings is 1. The second-order valence-corrected chi connectivity index (χ2v) is 3.15. The first-order valence-electron chi connectivity index (χ1n) is 4.26. The van der Waals surface area contributed by atoms with Gasteiger partial charge in [-0.15, -0.1) is 0 Å². The van der Waals surface area contributed by atoms with Crippen LogP contribution in [0, 0.1) is 6.92 Å². The molecule has 0 atom stereocenters. The van der Waals surface area contributed by atoms with Crippen LogP contribution in [0.15, 0.2) is 12.1 Å². The summed E-state index contributed by atoms with van der Waals surface area (Å²) in [5.74, 6) is -0.293. The molecule has 4 N–H and O–H groups in total. The van der Waals surface area contributed by atoms with Crippen LogP contribution in [0.1, 0.15) is 11.1 Å². The third-order valence-electron chi connectivity index (χ3n) is 2.14. The highest BCUT2D eigenvalue weighted by Crippen LogP contribution is 2.20. The summed E-state index contributed by atoms with van der Waals surface area (Å²) < 4.78 is 4.57. The first-order chi connectivity index (χ1) is 6.54. The summed E-state index contributed by atoms with van der Waals surface area (Å²) in [6.07, 6.45) is 0.206. The van der Waals surface area contributed by atoms with Crippen molar-refractivity contribution in [3.8, 4) is 0 Å². The van der Waals surface area contributed by atoms with E-state index in [0.717, 1.165) is 11.1 Å². The Hall–Kier alpha value is -1.71. The van der Waals surface area contributed by atoms with Gasteiger partial charge < -0.3 is 16.2 Å². The number of ether oxygens (including phenoxy) is 1. The van der Waals surface area contributed by atoms with Gasteiger partial charge in [-0.05, 0) is 30.2 Å². The lowest BCUT2D eigenvalue weighted by Crippen LogP contribution is -2.07. The molecule has 0 unspecified atom stereocenters. The summed E-state index contributed by atoms with van der Waals surface area (Å²) in [6, 6.07) is 3.42. The molecule has 1 aromatic rings. The van der Waals surface area contributed by atoms with E-state index in [1.54, 1.807) is 12.1 Å². The predicted molar refractivity (Wildman–Crippen MR) is 55.7 cm³/mol. The van der Waals surface area contributed by atoms with Crippen molar-refractivity contribution in [2.24, 2.45) is 0 Å². The summed E-state index contributed by atoms with van der Waals surface area (Å²) in [6.45, 7) is 1.85. The third kappa shape index (κ3) is 2.16. The van der Waals surface area contributed by atoms with Gasteiger partial charge in [-0.2, -0.15) is 0 Å². The average molecular weight is 194 g/mol. The van der Waals surface area contributed by atoms with Gasteiger partial charge in [0.2, 0.25) is 0 Å². The average Bonchev–Trinajstić information content (AvgIpc) is 2.13. The normalized spacial score (nSPS) is 9.86. The van der Waals surface area contributed by atoms with E-state index in [2.05, 4.69) is 4.74 Å². The number of nitrogen functional groups attached to an aromatic ring is 2. The molecule has 0 fully saturated rings. The monoisotopic (exact) mass is 194 g/mol. The van der Waals surface area contributed by atoms with Crippen molar-refractivity contribution in [3.05, 3.63) is 23.3 Å². The van der Waals surface area contributed by atoms with E-state index in [4.69, 9.17) is 11.5 Å². The molecule has 1 aromatic carbocycles. The molecule has 0 aliphatic carbocycles. The summed E-state index contributed by atoms with van der Waals surface area (Å²) in [5, 5.41) is 0. The molecule has 0 aliphatic rings. The molecule has 14 heavy (non-hydrogen) atoms. The van der Waals surface area contributed by atoms with Crippen LogP contribution in [-0.4, -0.2) is 13.1 Å². The molecule has 4 nitrogen and oxygen atoms in total. The first kappa shape index (κ1) is 10.4. The molecular weight excluding hydrogens is 180 g/mol. The molecule has 0 spiro atoms. The zero-order valence-corrected chi connectivity index (χ0v) is 8.33. The van der Waals surface area contributed by atoms with E-state index < -0.39 is 0 Å². The molecular formula is C10H14N2O2. The summed E-state index contributed by atoms with van der Waals surface area (Å²) >= 11 is 0. The molecule has 0 aromatic heterocycles. The Bertz CT molecular complexity index is 361. The quantitative estimate of drug-likeness (QED) is 0.541. The van der Waals surface area contributed by atoms with Crippen molar-refractivity contribution in [2.45, 2.75) is 13.3 Å². The maximum absolute atomic E-state index is 11.1.